The molecule has 1 fully saturated rings. The molecule has 0 bridgehead atoms. The number of aromatic hydroxyl groups is 1. The van der Waals surface area contributed by atoms with E-state index in [-0.39, 0.29) is 11.4 Å². The van der Waals surface area contributed by atoms with E-state index in [9.17, 15) is 15.2 Å². The highest BCUT2D eigenvalue weighted by atomic mass is 16.6. The maximum absolute atomic E-state index is 10.5. The molecule has 0 amide bonds. The minimum absolute atomic E-state index is 0.247. The quantitative estimate of drug-likeness (QED) is 0.601. The fraction of sp³-hybridized carbons (Fsp3) is 0.455. The minimum Gasteiger partial charge on any atom is -0.502 e. The van der Waals surface area contributed by atoms with Gasteiger partial charge in [0.25, 0.3) is 0 Å². The minimum atomic E-state index is -0.588. The number of nitrogens with zero attached hydrogens (tertiary/aromatic N) is 1. The van der Waals surface area contributed by atoms with Crippen molar-refractivity contribution >= 4 is 5.69 Å². The van der Waals surface area contributed by atoms with Crippen LogP contribution in [0.4, 0.5) is 5.69 Å². The summed E-state index contributed by atoms with van der Waals surface area (Å²) in [7, 11) is 0. The number of benzene rings is 1. The highest BCUT2D eigenvalue weighted by Gasteiger charge is 2.31. The van der Waals surface area contributed by atoms with Crippen molar-refractivity contribution < 1.29 is 10.0 Å². The number of rotatable bonds is 4. The normalized spacial score (nSPS) is 23.1. The molecule has 86 valence electrons. The van der Waals surface area contributed by atoms with Crippen molar-refractivity contribution in [2.24, 2.45) is 5.92 Å². The van der Waals surface area contributed by atoms with Gasteiger partial charge >= 0.3 is 5.69 Å². The van der Waals surface area contributed by atoms with Gasteiger partial charge in [0.1, 0.15) is 0 Å². The molecule has 1 aromatic rings. The van der Waals surface area contributed by atoms with Gasteiger partial charge in [0, 0.05) is 18.7 Å². The van der Waals surface area contributed by atoms with Crippen LogP contribution in [0.5, 0.6) is 5.75 Å². The summed E-state index contributed by atoms with van der Waals surface area (Å²) in [5.41, 5.74) is 0.616. The smallest absolute Gasteiger partial charge is 0.310 e. The third-order valence-electron chi connectivity index (χ3n) is 2.91. The van der Waals surface area contributed by atoms with Crippen molar-refractivity contribution in [3.05, 3.63) is 33.9 Å². The average molecular weight is 222 g/mol. The summed E-state index contributed by atoms with van der Waals surface area (Å²) in [4.78, 5) is 9.89. The number of hydrogen-bond donors (Lipinski definition) is 2. The summed E-state index contributed by atoms with van der Waals surface area (Å²) in [5, 5.41) is 23.2. The van der Waals surface area contributed by atoms with Crippen LogP contribution in [0.25, 0.3) is 0 Å². The topological polar surface area (TPSA) is 75.4 Å². The Hall–Kier alpha value is -1.62. The second-order valence-corrected chi connectivity index (χ2v) is 4.28. The molecule has 0 spiro atoms. The summed E-state index contributed by atoms with van der Waals surface area (Å²) in [6, 6.07) is 5.00. The maximum atomic E-state index is 10.5. The van der Waals surface area contributed by atoms with Gasteiger partial charge < -0.3 is 10.4 Å². The Morgan fingerprint density at radius 3 is 2.81 bits per heavy atom. The monoisotopic (exact) mass is 222 g/mol. The molecule has 2 rings (SSSR count). The van der Waals surface area contributed by atoms with Crippen LogP contribution in [0.1, 0.15) is 18.9 Å². The fourth-order valence-corrected chi connectivity index (χ4v) is 1.69. The second kappa shape index (κ2) is 4.09. The summed E-state index contributed by atoms with van der Waals surface area (Å²) < 4.78 is 0. The molecule has 2 N–H and O–H groups in total. The number of phenolic OH excluding ortho intramolecular Hbond substituents is 1. The van der Waals surface area contributed by atoms with Gasteiger partial charge in [-0.2, -0.15) is 0 Å². The van der Waals surface area contributed by atoms with Crippen LogP contribution in [0.3, 0.4) is 0 Å². The van der Waals surface area contributed by atoms with Crippen LogP contribution in [0.15, 0.2) is 18.2 Å². The van der Waals surface area contributed by atoms with E-state index in [2.05, 4.69) is 12.2 Å². The molecule has 1 aliphatic carbocycles. The highest BCUT2D eigenvalue weighted by Crippen LogP contribution is 2.30. The zero-order valence-electron chi connectivity index (χ0n) is 9.01. The van der Waals surface area contributed by atoms with Crippen molar-refractivity contribution in [2.45, 2.75) is 25.9 Å². The highest BCUT2D eigenvalue weighted by molar-refractivity contribution is 5.47. The van der Waals surface area contributed by atoms with Gasteiger partial charge in [0.05, 0.1) is 4.92 Å². The molecule has 0 saturated heterocycles. The van der Waals surface area contributed by atoms with Gasteiger partial charge in [0.15, 0.2) is 5.75 Å². The Bertz CT molecular complexity index is 420. The fourth-order valence-electron chi connectivity index (χ4n) is 1.69. The first-order valence-corrected chi connectivity index (χ1v) is 5.27. The molecule has 16 heavy (non-hydrogen) atoms. The SMILES string of the molecule is CC1CC1NCc1ccc([N+](=O)[O-])c(O)c1. The predicted octanol–water partition coefficient (Wildman–Crippen LogP) is 1.80. The predicted molar refractivity (Wildman–Crippen MR) is 59.2 cm³/mol. The lowest BCUT2D eigenvalue weighted by Gasteiger charge is -2.04. The average Bonchev–Trinajstić information content (AvgIpc) is 2.91. The molecule has 2 atom stereocenters. The van der Waals surface area contributed by atoms with Gasteiger partial charge in [-0.1, -0.05) is 13.0 Å². The van der Waals surface area contributed by atoms with Crippen molar-refractivity contribution in [1.82, 2.24) is 5.32 Å². The Labute approximate surface area is 93.2 Å². The van der Waals surface area contributed by atoms with E-state index in [1.807, 2.05) is 0 Å². The van der Waals surface area contributed by atoms with Crippen LogP contribution in [-0.4, -0.2) is 16.1 Å². The van der Waals surface area contributed by atoms with Gasteiger partial charge in [-0.25, -0.2) is 0 Å². The molecular formula is C11H14N2O3. The van der Waals surface area contributed by atoms with Gasteiger partial charge in [-0.15, -0.1) is 0 Å². The molecule has 5 heteroatoms. The number of hydrogen-bond acceptors (Lipinski definition) is 4. The number of nitro groups is 1. The van der Waals surface area contributed by atoms with Gasteiger partial charge in [-0.05, 0) is 24.0 Å². The zero-order chi connectivity index (χ0) is 11.7. The summed E-state index contributed by atoms with van der Waals surface area (Å²) in [6.07, 6.45) is 1.18. The van der Waals surface area contributed by atoms with Crippen molar-refractivity contribution in [3.63, 3.8) is 0 Å². The van der Waals surface area contributed by atoms with E-state index in [1.165, 1.54) is 18.6 Å². The number of phenols is 1. The second-order valence-electron chi connectivity index (χ2n) is 4.28. The summed E-state index contributed by atoms with van der Waals surface area (Å²) in [6.45, 7) is 2.81. The molecule has 0 radical (unpaired) electrons. The Kier molecular flexibility index (Phi) is 2.78. The molecule has 0 aliphatic heterocycles. The van der Waals surface area contributed by atoms with Crippen molar-refractivity contribution in [2.75, 3.05) is 0 Å². The lowest BCUT2D eigenvalue weighted by Crippen LogP contribution is -2.16. The molecular weight excluding hydrogens is 208 g/mol. The number of nitro benzene ring substituents is 1. The van der Waals surface area contributed by atoms with Gasteiger partial charge in [-0.3, -0.25) is 10.1 Å². The van der Waals surface area contributed by atoms with E-state index < -0.39 is 4.92 Å². The number of nitrogens with one attached hydrogen (secondary N) is 1. The third-order valence-corrected chi connectivity index (χ3v) is 2.91. The Morgan fingerprint density at radius 1 is 1.62 bits per heavy atom. The Balaban J connectivity index is 2.00. The first-order valence-electron chi connectivity index (χ1n) is 5.27. The summed E-state index contributed by atoms with van der Waals surface area (Å²) >= 11 is 0. The van der Waals surface area contributed by atoms with Crippen LogP contribution < -0.4 is 5.32 Å². The van der Waals surface area contributed by atoms with Crippen LogP contribution in [0, 0.1) is 16.0 Å². The third kappa shape index (κ3) is 2.30. The van der Waals surface area contributed by atoms with E-state index in [0.29, 0.717) is 18.5 Å². The van der Waals surface area contributed by atoms with E-state index >= 15 is 0 Å². The first-order chi connectivity index (χ1) is 7.58. The van der Waals surface area contributed by atoms with Crippen molar-refractivity contribution in [3.8, 4) is 5.75 Å². The zero-order valence-corrected chi connectivity index (χ0v) is 9.01. The molecule has 0 aromatic heterocycles. The van der Waals surface area contributed by atoms with Crippen LogP contribution in [0.2, 0.25) is 0 Å². The van der Waals surface area contributed by atoms with E-state index in [0.717, 1.165) is 5.56 Å². The molecule has 1 saturated carbocycles. The molecule has 2 unspecified atom stereocenters. The molecule has 0 heterocycles. The van der Waals surface area contributed by atoms with E-state index in [4.69, 9.17) is 0 Å². The van der Waals surface area contributed by atoms with Crippen LogP contribution in [-0.2, 0) is 6.54 Å². The summed E-state index contributed by atoms with van der Waals surface area (Å²) in [5.74, 6) is 0.444. The Morgan fingerprint density at radius 2 is 2.31 bits per heavy atom. The maximum Gasteiger partial charge on any atom is 0.310 e. The largest absolute Gasteiger partial charge is 0.502 e. The standard InChI is InChI=1S/C11H14N2O3/c1-7-4-9(7)12-6-8-2-3-10(13(15)16)11(14)5-8/h2-3,5,7,9,12,14H,4,6H2,1H3. The van der Waals surface area contributed by atoms with Gasteiger partial charge in [0.2, 0.25) is 0 Å². The molecule has 1 aliphatic rings. The van der Waals surface area contributed by atoms with Crippen LogP contribution >= 0.6 is 0 Å². The first kappa shape index (κ1) is 10.9. The molecule has 5 nitrogen and oxygen atoms in total. The van der Waals surface area contributed by atoms with E-state index in [1.54, 1.807) is 6.07 Å². The van der Waals surface area contributed by atoms with Crippen molar-refractivity contribution in [1.29, 1.82) is 0 Å². The lowest BCUT2D eigenvalue weighted by atomic mass is 10.2. The lowest BCUT2D eigenvalue weighted by molar-refractivity contribution is -0.385. The molecule has 1 aromatic carbocycles.